The van der Waals surface area contributed by atoms with Gasteiger partial charge in [0.15, 0.2) is 0 Å². The van der Waals surface area contributed by atoms with Crippen LogP contribution in [0.25, 0.3) is 0 Å². The molecule has 0 aliphatic heterocycles. The molecule has 2 nitrogen and oxygen atoms in total. The molecule has 68 valence electrons. The van der Waals surface area contributed by atoms with Crippen LogP contribution in [0, 0.1) is 11.8 Å². The molecule has 0 radical (unpaired) electrons. The van der Waals surface area contributed by atoms with Crippen LogP contribution in [-0.4, -0.2) is 17.3 Å². The first-order valence-electron chi connectivity index (χ1n) is 4.38. The number of aliphatic hydroxyl groups excluding tert-OH is 1. The number of rotatable bonds is 4. The molecular formula is C9H21NO. The lowest BCUT2D eigenvalue weighted by molar-refractivity contribution is 0.103. The number of aliphatic hydroxyl groups is 1. The first-order chi connectivity index (χ1) is 4.95. The van der Waals surface area contributed by atoms with Gasteiger partial charge in [-0.15, -0.1) is 0 Å². The second-order valence-electron chi connectivity index (χ2n) is 4.02. The molecule has 0 fully saturated rings. The van der Waals surface area contributed by atoms with E-state index in [1.54, 1.807) is 0 Å². The van der Waals surface area contributed by atoms with Crippen LogP contribution in [0.5, 0.6) is 0 Å². The Bertz CT molecular complexity index is 102. The molecule has 0 saturated heterocycles. The largest absolute Gasteiger partial charge is 0.391 e. The van der Waals surface area contributed by atoms with Gasteiger partial charge >= 0.3 is 0 Å². The Morgan fingerprint density at radius 3 is 1.91 bits per heavy atom. The van der Waals surface area contributed by atoms with Gasteiger partial charge in [0, 0.05) is 6.04 Å². The van der Waals surface area contributed by atoms with E-state index in [0.717, 1.165) is 6.42 Å². The number of hydrogen-bond acceptors (Lipinski definition) is 2. The van der Waals surface area contributed by atoms with Crippen molar-refractivity contribution >= 4 is 0 Å². The highest BCUT2D eigenvalue weighted by Crippen LogP contribution is 2.11. The molecule has 0 amide bonds. The van der Waals surface area contributed by atoms with Crippen molar-refractivity contribution in [1.82, 2.24) is 0 Å². The molecule has 0 saturated carbocycles. The molecule has 0 aromatic rings. The lowest BCUT2D eigenvalue weighted by atomic mass is 9.93. The van der Waals surface area contributed by atoms with E-state index in [0.29, 0.717) is 11.8 Å². The molecule has 0 rings (SSSR count). The van der Waals surface area contributed by atoms with E-state index in [1.165, 1.54) is 0 Å². The fourth-order valence-electron chi connectivity index (χ4n) is 1.08. The van der Waals surface area contributed by atoms with Crippen LogP contribution in [0.15, 0.2) is 0 Å². The van der Waals surface area contributed by atoms with Gasteiger partial charge in [-0.3, -0.25) is 0 Å². The Morgan fingerprint density at radius 2 is 1.64 bits per heavy atom. The first kappa shape index (κ1) is 10.9. The molecule has 2 heteroatoms. The molecule has 0 aromatic heterocycles. The lowest BCUT2D eigenvalue weighted by Crippen LogP contribution is -2.39. The minimum absolute atomic E-state index is 0.0719. The highest BCUT2D eigenvalue weighted by molar-refractivity contribution is 4.75. The highest BCUT2D eigenvalue weighted by Gasteiger charge is 2.18. The van der Waals surface area contributed by atoms with Gasteiger partial charge in [0.25, 0.3) is 0 Å². The Labute approximate surface area is 69.8 Å². The van der Waals surface area contributed by atoms with E-state index in [-0.39, 0.29) is 12.1 Å². The number of hydrogen-bond donors (Lipinski definition) is 2. The summed E-state index contributed by atoms with van der Waals surface area (Å²) in [6.45, 7) is 8.26. The SMILES string of the molecule is CC(C)CC(O)C(N)C(C)C. The monoisotopic (exact) mass is 159 g/mol. The van der Waals surface area contributed by atoms with E-state index in [4.69, 9.17) is 5.73 Å². The predicted octanol–water partition coefficient (Wildman–Crippen LogP) is 1.38. The molecule has 2 atom stereocenters. The zero-order chi connectivity index (χ0) is 9.02. The van der Waals surface area contributed by atoms with Crippen LogP contribution < -0.4 is 5.73 Å². The fraction of sp³-hybridized carbons (Fsp3) is 1.00. The third-order valence-corrected chi connectivity index (χ3v) is 1.93. The zero-order valence-electron chi connectivity index (χ0n) is 8.04. The summed E-state index contributed by atoms with van der Waals surface area (Å²) in [4.78, 5) is 0. The average molecular weight is 159 g/mol. The van der Waals surface area contributed by atoms with Crippen LogP contribution in [0.4, 0.5) is 0 Å². The summed E-state index contributed by atoms with van der Waals surface area (Å²) in [6.07, 6.45) is 0.467. The van der Waals surface area contributed by atoms with Gasteiger partial charge in [-0.25, -0.2) is 0 Å². The van der Waals surface area contributed by atoms with Crippen molar-refractivity contribution in [2.24, 2.45) is 17.6 Å². The van der Waals surface area contributed by atoms with Gasteiger partial charge in [0.05, 0.1) is 6.10 Å². The molecule has 0 aromatic carbocycles. The molecule has 3 N–H and O–H groups in total. The molecule has 0 aliphatic rings. The van der Waals surface area contributed by atoms with Gasteiger partial charge in [0.1, 0.15) is 0 Å². The smallest absolute Gasteiger partial charge is 0.0696 e. The standard InChI is InChI=1S/C9H21NO/c1-6(2)5-8(11)9(10)7(3)4/h6-9,11H,5,10H2,1-4H3. The second-order valence-corrected chi connectivity index (χ2v) is 4.02. The highest BCUT2D eigenvalue weighted by atomic mass is 16.3. The zero-order valence-corrected chi connectivity index (χ0v) is 8.04. The van der Waals surface area contributed by atoms with E-state index in [1.807, 2.05) is 13.8 Å². The van der Waals surface area contributed by atoms with E-state index >= 15 is 0 Å². The van der Waals surface area contributed by atoms with E-state index in [9.17, 15) is 5.11 Å². The van der Waals surface area contributed by atoms with Crippen molar-refractivity contribution in [1.29, 1.82) is 0 Å². The number of nitrogens with two attached hydrogens (primary N) is 1. The van der Waals surface area contributed by atoms with Crippen LogP contribution >= 0.6 is 0 Å². The lowest BCUT2D eigenvalue weighted by Gasteiger charge is -2.23. The van der Waals surface area contributed by atoms with Crippen LogP contribution in [-0.2, 0) is 0 Å². The summed E-state index contributed by atoms with van der Waals surface area (Å²) in [5.41, 5.74) is 5.76. The first-order valence-corrected chi connectivity index (χ1v) is 4.38. The van der Waals surface area contributed by atoms with Gasteiger partial charge in [-0.05, 0) is 18.3 Å². The summed E-state index contributed by atoms with van der Waals surface area (Å²) in [5, 5.41) is 9.53. The topological polar surface area (TPSA) is 46.2 Å². The minimum atomic E-state index is -0.338. The van der Waals surface area contributed by atoms with Crippen molar-refractivity contribution in [3.63, 3.8) is 0 Å². The Hall–Kier alpha value is -0.0800. The van der Waals surface area contributed by atoms with Crippen LogP contribution in [0.3, 0.4) is 0 Å². The Kier molecular flexibility index (Phi) is 4.69. The van der Waals surface area contributed by atoms with Crippen LogP contribution in [0.2, 0.25) is 0 Å². The Morgan fingerprint density at radius 1 is 1.18 bits per heavy atom. The maximum atomic E-state index is 9.53. The molecule has 0 aliphatic carbocycles. The third kappa shape index (κ3) is 4.38. The molecular weight excluding hydrogens is 138 g/mol. The predicted molar refractivity (Wildman–Crippen MR) is 48.3 cm³/mol. The normalized spacial score (nSPS) is 17.5. The van der Waals surface area contributed by atoms with Gasteiger partial charge < -0.3 is 10.8 Å². The third-order valence-electron chi connectivity index (χ3n) is 1.93. The van der Waals surface area contributed by atoms with Crippen molar-refractivity contribution in [3.8, 4) is 0 Å². The maximum Gasteiger partial charge on any atom is 0.0696 e. The minimum Gasteiger partial charge on any atom is -0.391 e. The van der Waals surface area contributed by atoms with Gasteiger partial charge in [0.2, 0.25) is 0 Å². The van der Waals surface area contributed by atoms with Crippen molar-refractivity contribution in [2.45, 2.75) is 46.3 Å². The van der Waals surface area contributed by atoms with E-state index in [2.05, 4.69) is 13.8 Å². The van der Waals surface area contributed by atoms with Crippen molar-refractivity contribution in [3.05, 3.63) is 0 Å². The molecule has 2 unspecified atom stereocenters. The maximum absolute atomic E-state index is 9.53. The quantitative estimate of drug-likeness (QED) is 0.651. The summed E-state index contributed by atoms with van der Waals surface area (Å²) >= 11 is 0. The average Bonchev–Trinajstić information content (AvgIpc) is 1.84. The summed E-state index contributed by atoms with van der Waals surface area (Å²) < 4.78 is 0. The second kappa shape index (κ2) is 4.73. The summed E-state index contributed by atoms with van der Waals surface area (Å²) in [7, 11) is 0. The van der Waals surface area contributed by atoms with Gasteiger partial charge in [-0.1, -0.05) is 27.7 Å². The van der Waals surface area contributed by atoms with Crippen LogP contribution in [0.1, 0.15) is 34.1 Å². The molecule has 0 spiro atoms. The Balaban J connectivity index is 3.73. The summed E-state index contributed by atoms with van der Waals surface area (Å²) in [5.74, 6) is 0.888. The van der Waals surface area contributed by atoms with E-state index < -0.39 is 0 Å². The van der Waals surface area contributed by atoms with Gasteiger partial charge in [-0.2, -0.15) is 0 Å². The molecule has 0 bridgehead atoms. The molecule has 11 heavy (non-hydrogen) atoms. The fourth-order valence-corrected chi connectivity index (χ4v) is 1.08. The molecule has 0 heterocycles. The van der Waals surface area contributed by atoms with Crippen molar-refractivity contribution in [2.75, 3.05) is 0 Å². The summed E-state index contributed by atoms with van der Waals surface area (Å²) in [6, 6.07) is -0.0719. The van der Waals surface area contributed by atoms with Crippen molar-refractivity contribution < 1.29 is 5.11 Å².